The van der Waals surface area contributed by atoms with E-state index in [0.29, 0.717) is 5.69 Å². The van der Waals surface area contributed by atoms with Crippen LogP contribution in [0.3, 0.4) is 0 Å². The number of benzene rings is 1. The molecule has 21 heavy (non-hydrogen) atoms. The van der Waals surface area contributed by atoms with Gasteiger partial charge < -0.3 is 11.1 Å². The standard InChI is InChI=1S/C15H17N5O/c1-11-5-6-13(4-3-7-16)14(8-11)19-15(21)12(2)20-10-17-9-18-20/h5-6,8-10,12H,7,16H2,1-2H3,(H,19,21). The van der Waals surface area contributed by atoms with Crippen LogP contribution in [0, 0.1) is 18.8 Å². The molecule has 0 saturated carbocycles. The Bertz CT molecular complexity index is 682. The van der Waals surface area contributed by atoms with Crippen molar-refractivity contribution < 1.29 is 4.79 Å². The van der Waals surface area contributed by atoms with Crippen LogP contribution in [0.25, 0.3) is 0 Å². The maximum Gasteiger partial charge on any atom is 0.249 e. The fourth-order valence-electron chi connectivity index (χ4n) is 1.79. The first-order valence-corrected chi connectivity index (χ1v) is 6.56. The average molecular weight is 283 g/mol. The molecule has 1 heterocycles. The molecule has 0 aliphatic heterocycles. The summed E-state index contributed by atoms with van der Waals surface area (Å²) in [6.45, 7) is 3.98. The molecule has 108 valence electrons. The molecule has 0 saturated heterocycles. The second-order valence-electron chi connectivity index (χ2n) is 4.60. The van der Waals surface area contributed by atoms with Crippen molar-refractivity contribution in [3.05, 3.63) is 42.0 Å². The Kier molecular flexibility index (Phi) is 4.69. The molecular formula is C15H17N5O. The fraction of sp³-hybridized carbons (Fsp3) is 0.267. The molecule has 2 rings (SSSR count). The first-order chi connectivity index (χ1) is 10.1. The van der Waals surface area contributed by atoms with E-state index in [1.807, 2.05) is 25.1 Å². The van der Waals surface area contributed by atoms with Gasteiger partial charge in [-0.3, -0.25) is 4.79 Å². The van der Waals surface area contributed by atoms with Gasteiger partial charge in [0.15, 0.2) is 0 Å². The molecule has 3 N–H and O–H groups in total. The summed E-state index contributed by atoms with van der Waals surface area (Å²) in [5.74, 6) is 5.57. The molecule has 0 aliphatic rings. The zero-order valence-corrected chi connectivity index (χ0v) is 12.0. The Morgan fingerprint density at radius 1 is 1.52 bits per heavy atom. The summed E-state index contributed by atoms with van der Waals surface area (Å²) in [4.78, 5) is 16.1. The highest BCUT2D eigenvalue weighted by Crippen LogP contribution is 2.18. The van der Waals surface area contributed by atoms with Crippen molar-refractivity contribution in [3.8, 4) is 11.8 Å². The predicted octanol–water partition coefficient (Wildman–Crippen LogP) is 1.10. The maximum atomic E-state index is 12.3. The molecule has 0 radical (unpaired) electrons. The molecule has 1 unspecified atom stereocenters. The van der Waals surface area contributed by atoms with Gasteiger partial charge in [-0.05, 0) is 31.5 Å². The van der Waals surface area contributed by atoms with Crippen molar-refractivity contribution in [2.24, 2.45) is 5.73 Å². The summed E-state index contributed by atoms with van der Waals surface area (Å²) in [6.07, 6.45) is 2.91. The molecule has 0 fully saturated rings. The van der Waals surface area contributed by atoms with Gasteiger partial charge in [-0.2, -0.15) is 5.10 Å². The van der Waals surface area contributed by atoms with Gasteiger partial charge in [0.05, 0.1) is 12.2 Å². The Balaban J connectivity index is 2.22. The van der Waals surface area contributed by atoms with Crippen molar-refractivity contribution in [3.63, 3.8) is 0 Å². The van der Waals surface area contributed by atoms with Gasteiger partial charge in [-0.25, -0.2) is 9.67 Å². The average Bonchev–Trinajstić information content (AvgIpc) is 2.99. The number of hydrogen-bond donors (Lipinski definition) is 2. The zero-order chi connectivity index (χ0) is 15.2. The van der Waals surface area contributed by atoms with Crippen LogP contribution in [-0.4, -0.2) is 27.2 Å². The van der Waals surface area contributed by atoms with Crippen LogP contribution in [0.4, 0.5) is 5.69 Å². The van der Waals surface area contributed by atoms with E-state index in [9.17, 15) is 4.79 Å². The zero-order valence-electron chi connectivity index (χ0n) is 12.0. The third-order valence-corrected chi connectivity index (χ3v) is 2.97. The van der Waals surface area contributed by atoms with E-state index in [0.717, 1.165) is 11.1 Å². The van der Waals surface area contributed by atoms with Crippen LogP contribution in [0.5, 0.6) is 0 Å². The first kappa shape index (κ1) is 14.8. The number of carbonyl (C=O) groups is 1. The summed E-state index contributed by atoms with van der Waals surface area (Å²) in [5.41, 5.74) is 7.84. The lowest BCUT2D eigenvalue weighted by atomic mass is 10.1. The quantitative estimate of drug-likeness (QED) is 0.826. The second-order valence-corrected chi connectivity index (χ2v) is 4.60. The summed E-state index contributed by atoms with van der Waals surface area (Å²) in [7, 11) is 0. The Hall–Kier alpha value is -2.65. The SMILES string of the molecule is Cc1ccc(C#CCN)c(NC(=O)C(C)n2cncn2)c1. The summed E-state index contributed by atoms with van der Waals surface area (Å²) >= 11 is 0. The number of aryl methyl sites for hydroxylation is 1. The van der Waals surface area contributed by atoms with Crippen LogP contribution >= 0.6 is 0 Å². The van der Waals surface area contributed by atoms with E-state index in [1.54, 1.807) is 6.92 Å². The Labute approximate surface area is 123 Å². The van der Waals surface area contributed by atoms with Crippen molar-refractivity contribution in [2.75, 3.05) is 11.9 Å². The number of rotatable bonds is 3. The maximum absolute atomic E-state index is 12.3. The number of nitrogens with zero attached hydrogens (tertiary/aromatic N) is 3. The minimum atomic E-state index is -0.455. The molecule has 1 aromatic carbocycles. The second kappa shape index (κ2) is 6.68. The van der Waals surface area contributed by atoms with Gasteiger partial charge in [0.25, 0.3) is 0 Å². The molecule has 6 heteroatoms. The molecule has 1 amide bonds. The van der Waals surface area contributed by atoms with Gasteiger partial charge in [0.2, 0.25) is 5.91 Å². The van der Waals surface area contributed by atoms with Crippen LogP contribution < -0.4 is 11.1 Å². The highest BCUT2D eigenvalue weighted by atomic mass is 16.2. The highest BCUT2D eigenvalue weighted by molar-refractivity contribution is 5.94. The third-order valence-electron chi connectivity index (χ3n) is 2.97. The van der Waals surface area contributed by atoms with Crippen molar-refractivity contribution in [1.82, 2.24) is 14.8 Å². The van der Waals surface area contributed by atoms with Crippen molar-refractivity contribution in [2.45, 2.75) is 19.9 Å². The minimum absolute atomic E-state index is 0.179. The van der Waals surface area contributed by atoms with E-state index >= 15 is 0 Å². The molecule has 1 atom stereocenters. The number of nitrogens with one attached hydrogen (secondary N) is 1. The summed E-state index contributed by atoms with van der Waals surface area (Å²) in [5, 5.41) is 6.85. The number of carbonyl (C=O) groups excluding carboxylic acids is 1. The van der Waals surface area contributed by atoms with Crippen molar-refractivity contribution >= 4 is 11.6 Å². The van der Waals surface area contributed by atoms with Gasteiger partial charge in [0.1, 0.15) is 18.7 Å². The minimum Gasteiger partial charge on any atom is -0.323 e. The molecule has 1 aromatic heterocycles. The lowest BCUT2D eigenvalue weighted by molar-refractivity contribution is -0.119. The van der Waals surface area contributed by atoms with Crippen LogP contribution in [0.15, 0.2) is 30.9 Å². The van der Waals surface area contributed by atoms with Gasteiger partial charge in [-0.15, -0.1) is 0 Å². The first-order valence-electron chi connectivity index (χ1n) is 6.56. The fourth-order valence-corrected chi connectivity index (χ4v) is 1.79. The number of hydrogen-bond acceptors (Lipinski definition) is 4. The van der Waals surface area contributed by atoms with Gasteiger partial charge in [0, 0.05) is 5.56 Å². The number of amides is 1. The van der Waals surface area contributed by atoms with E-state index in [4.69, 9.17) is 5.73 Å². The highest BCUT2D eigenvalue weighted by Gasteiger charge is 2.16. The van der Waals surface area contributed by atoms with E-state index in [-0.39, 0.29) is 12.5 Å². The molecule has 0 spiro atoms. The molecule has 2 aromatic rings. The lowest BCUT2D eigenvalue weighted by Crippen LogP contribution is -2.24. The third kappa shape index (κ3) is 3.68. The van der Waals surface area contributed by atoms with Crippen LogP contribution in [-0.2, 0) is 4.79 Å². The normalized spacial score (nSPS) is 11.4. The topological polar surface area (TPSA) is 85.8 Å². The predicted molar refractivity (Wildman–Crippen MR) is 80.5 cm³/mol. The Morgan fingerprint density at radius 3 is 3.00 bits per heavy atom. The van der Waals surface area contributed by atoms with Crippen molar-refractivity contribution in [1.29, 1.82) is 0 Å². The Morgan fingerprint density at radius 2 is 2.33 bits per heavy atom. The molecular weight excluding hydrogens is 266 g/mol. The summed E-state index contributed by atoms with van der Waals surface area (Å²) < 4.78 is 1.50. The number of nitrogens with two attached hydrogens (primary N) is 1. The lowest BCUT2D eigenvalue weighted by Gasteiger charge is -2.13. The molecule has 6 nitrogen and oxygen atoms in total. The number of anilines is 1. The van der Waals surface area contributed by atoms with E-state index in [1.165, 1.54) is 17.3 Å². The largest absolute Gasteiger partial charge is 0.323 e. The molecule has 0 bridgehead atoms. The monoisotopic (exact) mass is 283 g/mol. The van der Waals surface area contributed by atoms with E-state index in [2.05, 4.69) is 27.2 Å². The summed E-state index contributed by atoms with van der Waals surface area (Å²) in [6, 6.07) is 5.24. The van der Waals surface area contributed by atoms with Crippen LogP contribution in [0.1, 0.15) is 24.1 Å². The van der Waals surface area contributed by atoms with Gasteiger partial charge in [-0.1, -0.05) is 17.9 Å². The number of aromatic nitrogens is 3. The smallest absolute Gasteiger partial charge is 0.249 e. The van der Waals surface area contributed by atoms with Gasteiger partial charge >= 0.3 is 0 Å². The van der Waals surface area contributed by atoms with E-state index < -0.39 is 6.04 Å². The molecule has 0 aliphatic carbocycles. The van der Waals surface area contributed by atoms with Crippen LogP contribution in [0.2, 0.25) is 0 Å².